The Kier molecular flexibility index (Phi) is 3.05. The number of morpholine rings is 1. The Hall–Kier alpha value is -1.77. The predicted octanol–water partition coefficient (Wildman–Crippen LogP) is 1.14. The first-order valence-corrected chi connectivity index (χ1v) is 5.97. The van der Waals surface area contributed by atoms with Crippen molar-refractivity contribution in [3.8, 4) is 17.6 Å². The third kappa shape index (κ3) is 2.26. The summed E-state index contributed by atoms with van der Waals surface area (Å²) in [5, 5.41) is 8.86. The maximum atomic E-state index is 8.86. The Bertz CT molecular complexity index is 484. The number of fused-ring (bicyclic) bond motifs is 1. The molecule has 0 aromatic heterocycles. The highest BCUT2D eigenvalue weighted by Crippen LogP contribution is 2.32. The minimum atomic E-state index is -0.312. The van der Waals surface area contributed by atoms with Crippen LogP contribution in [0.4, 0.5) is 0 Å². The molecule has 0 radical (unpaired) electrons. The molecule has 0 spiro atoms. The molecule has 0 amide bonds. The predicted molar refractivity (Wildman–Crippen MR) is 63.2 cm³/mol. The molecule has 1 aromatic carbocycles. The Morgan fingerprint density at radius 1 is 1.33 bits per heavy atom. The number of rotatable bonds is 2. The highest BCUT2D eigenvalue weighted by Gasteiger charge is 2.21. The molecule has 1 unspecified atom stereocenters. The molecule has 5 heteroatoms. The van der Waals surface area contributed by atoms with E-state index in [-0.39, 0.29) is 6.10 Å². The molecule has 94 valence electrons. The number of nitrogens with zero attached hydrogens (tertiary/aromatic N) is 2. The quantitative estimate of drug-likeness (QED) is 0.783. The van der Waals surface area contributed by atoms with Crippen LogP contribution in [0, 0.1) is 11.3 Å². The van der Waals surface area contributed by atoms with Gasteiger partial charge in [0.25, 0.3) is 0 Å². The highest BCUT2D eigenvalue weighted by molar-refractivity contribution is 5.44. The van der Waals surface area contributed by atoms with Crippen molar-refractivity contribution in [3.05, 3.63) is 23.8 Å². The van der Waals surface area contributed by atoms with Crippen LogP contribution in [0.5, 0.6) is 11.5 Å². The minimum absolute atomic E-state index is 0.298. The van der Waals surface area contributed by atoms with Crippen LogP contribution in [-0.2, 0) is 11.3 Å². The lowest BCUT2D eigenvalue weighted by Gasteiger charge is -2.29. The lowest BCUT2D eigenvalue weighted by Crippen LogP contribution is -2.41. The van der Waals surface area contributed by atoms with Gasteiger partial charge in [-0.25, -0.2) is 0 Å². The second-order valence-electron chi connectivity index (χ2n) is 4.41. The molecule has 0 aliphatic carbocycles. The molecule has 1 atom stereocenters. The Morgan fingerprint density at radius 2 is 2.22 bits per heavy atom. The molecule has 0 saturated carbocycles. The van der Waals surface area contributed by atoms with Crippen molar-refractivity contribution in [2.75, 3.05) is 26.5 Å². The lowest BCUT2D eigenvalue weighted by atomic mass is 10.1. The SMILES string of the molecule is N#CC1CN(Cc2ccc3c(c2)OCO3)CCO1. The Morgan fingerprint density at radius 3 is 3.11 bits per heavy atom. The topological polar surface area (TPSA) is 54.7 Å². The van der Waals surface area contributed by atoms with E-state index in [0.29, 0.717) is 19.9 Å². The molecule has 0 bridgehead atoms. The standard InChI is InChI=1S/C13H14N2O3/c14-6-11-8-15(3-4-16-11)7-10-1-2-12-13(5-10)18-9-17-12/h1-2,5,11H,3-4,7-9H2. The van der Waals surface area contributed by atoms with Crippen LogP contribution in [0.2, 0.25) is 0 Å². The summed E-state index contributed by atoms with van der Waals surface area (Å²) in [6.07, 6.45) is -0.312. The van der Waals surface area contributed by atoms with Crippen LogP contribution >= 0.6 is 0 Å². The van der Waals surface area contributed by atoms with Crippen LogP contribution in [0.3, 0.4) is 0 Å². The van der Waals surface area contributed by atoms with Gasteiger partial charge in [0.1, 0.15) is 0 Å². The van der Waals surface area contributed by atoms with Gasteiger partial charge in [0.2, 0.25) is 6.79 Å². The number of benzene rings is 1. The number of ether oxygens (including phenoxy) is 3. The molecule has 2 heterocycles. The summed E-state index contributed by atoms with van der Waals surface area (Å²) in [6, 6.07) is 8.11. The molecule has 1 aromatic rings. The van der Waals surface area contributed by atoms with Crippen LogP contribution in [0.15, 0.2) is 18.2 Å². The largest absolute Gasteiger partial charge is 0.454 e. The highest BCUT2D eigenvalue weighted by atomic mass is 16.7. The smallest absolute Gasteiger partial charge is 0.231 e. The van der Waals surface area contributed by atoms with Gasteiger partial charge in [0, 0.05) is 19.6 Å². The third-order valence-corrected chi connectivity index (χ3v) is 3.14. The second kappa shape index (κ2) is 4.84. The summed E-state index contributed by atoms with van der Waals surface area (Å²) in [6.45, 7) is 3.23. The van der Waals surface area contributed by atoms with Gasteiger partial charge in [-0.3, -0.25) is 4.90 Å². The molecule has 18 heavy (non-hydrogen) atoms. The van der Waals surface area contributed by atoms with Crippen LogP contribution in [0.1, 0.15) is 5.56 Å². The summed E-state index contributed by atoms with van der Waals surface area (Å²) in [4.78, 5) is 2.22. The lowest BCUT2D eigenvalue weighted by molar-refractivity contribution is -0.00270. The van der Waals surface area contributed by atoms with Gasteiger partial charge in [-0.1, -0.05) is 6.07 Å². The normalized spacial score (nSPS) is 22.7. The summed E-state index contributed by atoms with van der Waals surface area (Å²) < 4.78 is 16.0. The van der Waals surface area contributed by atoms with Crippen molar-refractivity contribution in [3.63, 3.8) is 0 Å². The summed E-state index contributed by atoms with van der Waals surface area (Å²) >= 11 is 0. The first kappa shape index (κ1) is 11.3. The van der Waals surface area contributed by atoms with Gasteiger partial charge in [-0.05, 0) is 17.7 Å². The average molecular weight is 246 g/mol. The van der Waals surface area contributed by atoms with E-state index in [1.807, 2.05) is 18.2 Å². The average Bonchev–Trinajstić information content (AvgIpc) is 2.86. The summed E-state index contributed by atoms with van der Waals surface area (Å²) in [5.41, 5.74) is 1.16. The molecular formula is C13H14N2O3. The first-order chi connectivity index (χ1) is 8.85. The Labute approximate surface area is 105 Å². The van der Waals surface area contributed by atoms with Crippen molar-refractivity contribution >= 4 is 0 Å². The second-order valence-corrected chi connectivity index (χ2v) is 4.41. The zero-order valence-electron chi connectivity index (χ0n) is 9.96. The fourth-order valence-electron chi connectivity index (χ4n) is 2.22. The van der Waals surface area contributed by atoms with Crippen LogP contribution < -0.4 is 9.47 Å². The minimum Gasteiger partial charge on any atom is -0.454 e. The van der Waals surface area contributed by atoms with Gasteiger partial charge in [-0.15, -0.1) is 0 Å². The maximum absolute atomic E-state index is 8.86. The van der Waals surface area contributed by atoms with Crippen molar-refractivity contribution in [1.29, 1.82) is 5.26 Å². The van der Waals surface area contributed by atoms with E-state index in [4.69, 9.17) is 19.5 Å². The Balaban J connectivity index is 1.67. The fraction of sp³-hybridized carbons (Fsp3) is 0.462. The molecule has 1 fully saturated rings. The van der Waals surface area contributed by atoms with Crippen LogP contribution in [-0.4, -0.2) is 37.5 Å². The summed E-state index contributed by atoms with van der Waals surface area (Å²) in [7, 11) is 0. The molecule has 5 nitrogen and oxygen atoms in total. The molecule has 2 aliphatic heterocycles. The zero-order valence-corrected chi connectivity index (χ0v) is 9.96. The van der Waals surface area contributed by atoms with E-state index in [1.54, 1.807) is 0 Å². The molecular weight excluding hydrogens is 232 g/mol. The van der Waals surface area contributed by atoms with Crippen molar-refractivity contribution in [1.82, 2.24) is 4.90 Å². The van der Waals surface area contributed by atoms with Gasteiger partial charge >= 0.3 is 0 Å². The van der Waals surface area contributed by atoms with Gasteiger partial charge < -0.3 is 14.2 Å². The van der Waals surface area contributed by atoms with Gasteiger partial charge in [0.15, 0.2) is 17.6 Å². The summed E-state index contributed by atoms with van der Waals surface area (Å²) in [5.74, 6) is 1.60. The molecule has 2 aliphatic rings. The van der Waals surface area contributed by atoms with Crippen molar-refractivity contribution < 1.29 is 14.2 Å². The molecule has 0 N–H and O–H groups in total. The molecule has 1 saturated heterocycles. The third-order valence-electron chi connectivity index (χ3n) is 3.14. The number of hydrogen-bond donors (Lipinski definition) is 0. The maximum Gasteiger partial charge on any atom is 0.231 e. The van der Waals surface area contributed by atoms with E-state index in [9.17, 15) is 0 Å². The first-order valence-electron chi connectivity index (χ1n) is 5.97. The monoisotopic (exact) mass is 246 g/mol. The fourth-order valence-corrected chi connectivity index (χ4v) is 2.22. The number of hydrogen-bond acceptors (Lipinski definition) is 5. The van der Waals surface area contributed by atoms with E-state index in [2.05, 4.69) is 11.0 Å². The van der Waals surface area contributed by atoms with Crippen molar-refractivity contribution in [2.45, 2.75) is 12.6 Å². The van der Waals surface area contributed by atoms with Gasteiger partial charge in [0.05, 0.1) is 12.7 Å². The number of nitriles is 1. The molecule has 3 rings (SSSR count). The van der Waals surface area contributed by atoms with E-state index in [1.165, 1.54) is 0 Å². The van der Waals surface area contributed by atoms with E-state index in [0.717, 1.165) is 30.2 Å². The zero-order chi connectivity index (χ0) is 12.4. The van der Waals surface area contributed by atoms with E-state index >= 15 is 0 Å². The van der Waals surface area contributed by atoms with Crippen molar-refractivity contribution in [2.24, 2.45) is 0 Å². The van der Waals surface area contributed by atoms with Crippen LogP contribution in [0.25, 0.3) is 0 Å². The van der Waals surface area contributed by atoms with E-state index < -0.39 is 0 Å². The van der Waals surface area contributed by atoms with Gasteiger partial charge in [-0.2, -0.15) is 5.26 Å².